The first-order valence-electron chi connectivity index (χ1n) is 12.5. The summed E-state index contributed by atoms with van der Waals surface area (Å²) < 4.78 is 33.5. The van der Waals surface area contributed by atoms with Crippen LogP contribution in [-0.4, -0.2) is 63.4 Å². The first kappa shape index (κ1) is 25.7. The highest BCUT2D eigenvalue weighted by Gasteiger charge is 2.33. The van der Waals surface area contributed by atoms with Crippen LogP contribution in [0, 0.1) is 19.8 Å². The van der Waals surface area contributed by atoms with E-state index in [0.29, 0.717) is 37.4 Å². The van der Waals surface area contributed by atoms with Crippen LogP contribution in [0.15, 0.2) is 47.4 Å². The van der Waals surface area contributed by atoms with Crippen molar-refractivity contribution < 1.29 is 17.9 Å². The van der Waals surface area contributed by atoms with Crippen LogP contribution < -0.4 is 10.1 Å². The van der Waals surface area contributed by atoms with E-state index in [-0.39, 0.29) is 17.9 Å². The number of nitrogens with zero attached hydrogens (tertiary/aromatic N) is 2. The van der Waals surface area contributed by atoms with E-state index >= 15 is 0 Å². The summed E-state index contributed by atoms with van der Waals surface area (Å²) in [5, 5.41) is 3.18. The molecular weight excluding hydrogens is 462 g/mol. The molecule has 0 aromatic heterocycles. The van der Waals surface area contributed by atoms with Crippen LogP contribution in [0.5, 0.6) is 5.75 Å². The lowest BCUT2D eigenvalue weighted by atomic mass is 9.96. The normalized spacial score (nSPS) is 18.9. The number of aryl methyl sites for hydroxylation is 2. The second-order valence-electron chi connectivity index (χ2n) is 9.69. The lowest BCUT2D eigenvalue weighted by Crippen LogP contribution is -2.44. The molecule has 1 unspecified atom stereocenters. The van der Waals surface area contributed by atoms with Gasteiger partial charge in [-0.05, 0) is 70.3 Å². The number of carbonyl (C=O) groups excluding carboxylic acids is 1. The van der Waals surface area contributed by atoms with Crippen LogP contribution in [-0.2, 0) is 14.8 Å². The third-order valence-electron chi connectivity index (χ3n) is 7.32. The maximum atomic E-state index is 13.2. The third kappa shape index (κ3) is 5.71. The first-order chi connectivity index (χ1) is 16.8. The lowest BCUT2D eigenvalue weighted by Gasteiger charge is -2.32. The molecule has 0 spiro atoms. The number of nitrogens with one attached hydrogen (secondary N) is 1. The maximum Gasteiger partial charge on any atom is 0.243 e. The van der Waals surface area contributed by atoms with E-state index < -0.39 is 10.0 Å². The summed E-state index contributed by atoms with van der Waals surface area (Å²) in [6, 6.07) is 13.5. The van der Waals surface area contributed by atoms with Crippen molar-refractivity contribution in [3.05, 3.63) is 59.2 Å². The average molecular weight is 500 g/mol. The summed E-state index contributed by atoms with van der Waals surface area (Å²) in [7, 11) is -1.88. The summed E-state index contributed by atoms with van der Waals surface area (Å²) in [6.07, 6.45) is 3.37. The molecule has 0 saturated carbocycles. The second-order valence-corrected chi connectivity index (χ2v) is 11.6. The number of piperidine rings is 1. The van der Waals surface area contributed by atoms with Crippen molar-refractivity contribution >= 4 is 15.9 Å². The largest absolute Gasteiger partial charge is 0.496 e. The number of likely N-dealkylation sites (tertiary alicyclic amines) is 1. The Morgan fingerprint density at radius 3 is 2.40 bits per heavy atom. The fourth-order valence-corrected chi connectivity index (χ4v) is 7.03. The van der Waals surface area contributed by atoms with Gasteiger partial charge in [0.05, 0.1) is 18.0 Å². The van der Waals surface area contributed by atoms with E-state index in [1.165, 1.54) is 4.31 Å². The molecule has 2 aromatic rings. The highest BCUT2D eigenvalue weighted by molar-refractivity contribution is 7.89. The molecule has 35 heavy (non-hydrogen) atoms. The Kier molecular flexibility index (Phi) is 8.14. The van der Waals surface area contributed by atoms with Gasteiger partial charge in [-0.3, -0.25) is 9.69 Å². The van der Waals surface area contributed by atoms with E-state index in [9.17, 15) is 13.2 Å². The third-order valence-corrected chi connectivity index (χ3v) is 9.38. The standard InChI is InChI=1S/C27H37N3O4S/c1-20-10-11-26(21(2)18-20)35(32,33)30-16-12-22(13-17-30)27(31)28-19-24(29-14-6-7-15-29)23-8-4-5-9-25(23)34-3/h4-5,8-11,18,22,24H,6-7,12-17,19H2,1-3H3,(H,28,31). The Balaban J connectivity index is 1.38. The van der Waals surface area contributed by atoms with Crippen molar-refractivity contribution in [2.75, 3.05) is 39.8 Å². The number of hydrogen-bond acceptors (Lipinski definition) is 5. The zero-order valence-corrected chi connectivity index (χ0v) is 21.8. The van der Waals surface area contributed by atoms with Crippen LogP contribution in [0.25, 0.3) is 0 Å². The van der Waals surface area contributed by atoms with Crippen LogP contribution >= 0.6 is 0 Å². The van der Waals surface area contributed by atoms with E-state index in [2.05, 4.69) is 16.3 Å². The lowest BCUT2D eigenvalue weighted by molar-refractivity contribution is -0.126. The molecule has 0 radical (unpaired) electrons. The maximum absolute atomic E-state index is 13.2. The summed E-state index contributed by atoms with van der Waals surface area (Å²) in [5.74, 6) is 0.661. The number of hydrogen-bond donors (Lipinski definition) is 1. The minimum Gasteiger partial charge on any atom is -0.496 e. The molecule has 0 bridgehead atoms. The average Bonchev–Trinajstić information content (AvgIpc) is 3.39. The van der Waals surface area contributed by atoms with Gasteiger partial charge in [0.15, 0.2) is 0 Å². The van der Waals surface area contributed by atoms with E-state index in [0.717, 1.165) is 48.4 Å². The summed E-state index contributed by atoms with van der Waals surface area (Å²) in [5.41, 5.74) is 2.89. The molecule has 2 aliphatic rings. The van der Waals surface area contributed by atoms with Gasteiger partial charge >= 0.3 is 0 Å². The molecule has 2 aliphatic heterocycles. The number of carbonyl (C=O) groups is 1. The van der Waals surface area contributed by atoms with Gasteiger partial charge in [-0.2, -0.15) is 4.31 Å². The van der Waals surface area contributed by atoms with Crippen molar-refractivity contribution in [2.24, 2.45) is 5.92 Å². The monoisotopic (exact) mass is 499 g/mol. The minimum absolute atomic E-state index is 0.00709. The summed E-state index contributed by atoms with van der Waals surface area (Å²) >= 11 is 0. The molecule has 2 saturated heterocycles. The fourth-order valence-electron chi connectivity index (χ4n) is 5.36. The smallest absolute Gasteiger partial charge is 0.243 e. The van der Waals surface area contributed by atoms with Crippen molar-refractivity contribution in [1.29, 1.82) is 0 Å². The Hall–Kier alpha value is -2.42. The highest BCUT2D eigenvalue weighted by Crippen LogP contribution is 2.32. The molecule has 2 fully saturated rings. The Morgan fingerprint density at radius 2 is 1.74 bits per heavy atom. The number of para-hydroxylation sites is 1. The quantitative estimate of drug-likeness (QED) is 0.600. The molecule has 1 atom stereocenters. The number of sulfonamides is 1. The molecule has 8 heteroatoms. The number of amides is 1. The molecule has 1 amide bonds. The van der Waals surface area contributed by atoms with Gasteiger partial charge in [0, 0.05) is 31.1 Å². The predicted molar refractivity (Wildman–Crippen MR) is 137 cm³/mol. The zero-order valence-electron chi connectivity index (χ0n) is 21.0. The number of ether oxygens (including phenoxy) is 1. The minimum atomic E-state index is -3.56. The van der Waals surface area contributed by atoms with E-state index in [1.54, 1.807) is 13.2 Å². The number of rotatable bonds is 8. The molecule has 1 N–H and O–H groups in total. The van der Waals surface area contributed by atoms with Gasteiger partial charge in [-0.25, -0.2) is 8.42 Å². The van der Waals surface area contributed by atoms with Crippen molar-refractivity contribution in [2.45, 2.75) is 50.5 Å². The summed E-state index contributed by atoms with van der Waals surface area (Å²) in [4.78, 5) is 15.9. The molecule has 7 nitrogen and oxygen atoms in total. The first-order valence-corrected chi connectivity index (χ1v) is 14.0. The summed E-state index contributed by atoms with van der Waals surface area (Å²) in [6.45, 7) is 7.03. The van der Waals surface area contributed by atoms with Crippen molar-refractivity contribution in [1.82, 2.24) is 14.5 Å². The van der Waals surface area contributed by atoms with Gasteiger partial charge in [0.2, 0.25) is 15.9 Å². The van der Waals surface area contributed by atoms with E-state index in [4.69, 9.17) is 4.74 Å². The Bertz CT molecular complexity index is 1140. The van der Waals surface area contributed by atoms with Crippen LogP contribution in [0.2, 0.25) is 0 Å². The van der Waals surface area contributed by atoms with Gasteiger partial charge in [0.25, 0.3) is 0 Å². The predicted octanol–water partition coefficient (Wildman–Crippen LogP) is 3.67. The molecule has 2 heterocycles. The SMILES string of the molecule is COc1ccccc1C(CNC(=O)C1CCN(S(=O)(=O)c2ccc(C)cc2C)CC1)N1CCCC1. The van der Waals surface area contributed by atoms with Gasteiger partial charge in [0.1, 0.15) is 5.75 Å². The molecule has 190 valence electrons. The zero-order chi connectivity index (χ0) is 25.0. The fraction of sp³-hybridized carbons (Fsp3) is 0.519. The molecule has 2 aromatic carbocycles. The molecule has 4 rings (SSSR count). The number of benzene rings is 2. The van der Waals surface area contributed by atoms with Crippen LogP contribution in [0.1, 0.15) is 48.4 Å². The van der Waals surface area contributed by atoms with Crippen molar-refractivity contribution in [3.8, 4) is 5.75 Å². The molecular formula is C27H37N3O4S. The second kappa shape index (κ2) is 11.1. The highest BCUT2D eigenvalue weighted by atomic mass is 32.2. The van der Waals surface area contributed by atoms with Crippen LogP contribution in [0.4, 0.5) is 0 Å². The van der Waals surface area contributed by atoms with Gasteiger partial charge in [-0.1, -0.05) is 35.9 Å². The Labute approximate surface area is 209 Å². The topological polar surface area (TPSA) is 79.0 Å². The van der Waals surface area contributed by atoms with Crippen LogP contribution in [0.3, 0.4) is 0 Å². The van der Waals surface area contributed by atoms with E-state index in [1.807, 2.05) is 44.2 Å². The molecule has 0 aliphatic carbocycles. The van der Waals surface area contributed by atoms with Crippen molar-refractivity contribution in [3.63, 3.8) is 0 Å². The number of methoxy groups -OCH3 is 1. The van der Waals surface area contributed by atoms with Gasteiger partial charge < -0.3 is 10.1 Å². The Morgan fingerprint density at radius 1 is 1.06 bits per heavy atom. The van der Waals surface area contributed by atoms with Gasteiger partial charge in [-0.15, -0.1) is 0 Å².